The van der Waals surface area contributed by atoms with Crippen molar-refractivity contribution in [1.82, 2.24) is 25.1 Å². The lowest BCUT2D eigenvalue weighted by atomic mass is 9.99. The van der Waals surface area contributed by atoms with Crippen LogP contribution >= 0.6 is 26.8 Å². The van der Waals surface area contributed by atoms with E-state index in [0.29, 0.717) is 51.4 Å². The minimum atomic E-state index is -4.90. The predicted molar refractivity (Wildman–Crippen MR) is 194 cm³/mol. The topological polar surface area (TPSA) is 275 Å². The number of anilines is 1. The molecule has 0 radical (unpaired) electrons. The molecule has 3 heterocycles. The van der Waals surface area contributed by atoms with Crippen LogP contribution in [0.2, 0.25) is 5.28 Å². The van der Waals surface area contributed by atoms with Gasteiger partial charge in [0, 0.05) is 6.54 Å². The normalized spacial score (nSPS) is 23.4. The molecule has 1 aromatic carbocycles. The van der Waals surface area contributed by atoms with Gasteiger partial charge in [0.15, 0.2) is 17.8 Å². The number of nitrogens with zero attached hydrogens (tertiary/aromatic N) is 4. The fraction of sp³-hybridized carbons (Fsp3) is 0.562. The molecule has 2 aromatic heterocycles. The Kier molecular flexibility index (Phi) is 15.5. The second kappa shape index (κ2) is 19.9. The third-order valence-electron chi connectivity index (χ3n) is 8.52. The van der Waals surface area contributed by atoms with Crippen molar-refractivity contribution in [2.75, 3.05) is 77.2 Å². The Morgan fingerprint density at radius 1 is 1.00 bits per heavy atom. The third-order valence-corrected chi connectivity index (χ3v) is 12.1. The van der Waals surface area contributed by atoms with Crippen LogP contribution in [0.5, 0.6) is 0 Å². The molecule has 2 aliphatic rings. The first-order valence-corrected chi connectivity index (χ1v) is 21.0. The first kappa shape index (κ1) is 43.0. The molecule has 1 amide bonds. The zero-order chi connectivity index (χ0) is 39.6. The van der Waals surface area contributed by atoms with Crippen molar-refractivity contribution in [2.45, 2.75) is 37.0 Å². The lowest BCUT2D eigenvalue weighted by molar-refractivity contribution is -0.125. The Morgan fingerprint density at radius 3 is 2.36 bits per heavy atom. The number of amides is 1. The monoisotopic (exact) mass is 832 g/mol. The van der Waals surface area contributed by atoms with Gasteiger partial charge in [0.05, 0.1) is 76.4 Å². The molecule has 0 spiro atoms. The summed E-state index contributed by atoms with van der Waals surface area (Å²) in [4.78, 5) is 50.0. The Labute approximate surface area is 320 Å². The Bertz CT molecular complexity index is 1890. The third kappa shape index (κ3) is 12.0. The molecule has 0 bridgehead atoms. The molecule has 1 fully saturated rings. The maximum absolute atomic E-state index is 13.5. The maximum atomic E-state index is 13.5. The van der Waals surface area contributed by atoms with Gasteiger partial charge in [-0.3, -0.25) is 13.9 Å². The minimum Gasteiger partial charge on any atom is -0.387 e. The molecule has 3 aromatic rings. The van der Waals surface area contributed by atoms with Gasteiger partial charge in [0.25, 0.3) is 0 Å². The maximum Gasteiger partial charge on any atom is 0.340 e. The number of aromatic nitrogens is 4. The largest absolute Gasteiger partial charge is 0.387 e. The van der Waals surface area contributed by atoms with Gasteiger partial charge < -0.3 is 63.7 Å². The van der Waals surface area contributed by atoms with Gasteiger partial charge in [-0.1, -0.05) is 30.2 Å². The lowest BCUT2D eigenvalue weighted by Gasteiger charge is -2.22. The summed E-state index contributed by atoms with van der Waals surface area (Å²) >= 11 is 6.35. The van der Waals surface area contributed by atoms with Crippen molar-refractivity contribution in [3.63, 3.8) is 0 Å². The highest BCUT2D eigenvalue weighted by Crippen LogP contribution is 2.55. The van der Waals surface area contributed by atoms with Gasteiger partial charge >= 0.3 is 15.2 Å². The molecule has 55 heavy (non-hydrogen) atoms. The van der Waals surface area contributed by atoms with E-state index in [0.717, 1.165) is 15.8 Å². The van der Waals surface area contributed by atoms with Gasteiger partial charge in [-0.25, -0.2) is 4.68 Å². The van der Waals surface area contributed by atoms with Crippen molar-refractivity contribution in [3.8, 4) is 12.3 Å². The summed E-state index contributed by atoms with van der Waals surface area (Å²) in [5.41, 5.74) is 1.92. The summed E-state index contributed by atoms with van der Waals surface area (Å²) in [6, 6.07) is 7.04. The van der Waals surface area contributed by atoms with Gasteiger partial charge in [0.1, 0.15) is 30.7 Å². The zero-order valence-electron chi connectivity index (χ0n) is 29.4. The van der Waals surface area contributed by atoms with E-state index in [2.05, 4.69) is 31.6 Å². The fourth-order valence-corrected chi connectivity index (χ4v) is 8.79. The van der Waals surface area contributed by atoms with E-state index in [1.807, 2.05) is 24.3 Å². The van der Waals surface area contributed by atoms with Crippen LogP contribution in [0, 0.1) is 18.3 Å². The smallest absolute Gasteiger partial charge is 0.340 e. The molecule has 20 nitrogen and oxygen atoms in total. The quantitative estimate of drug-likeness (QED) is 0.0316. The van der Waals surface area contributed by atoms with Crippen LogP contribution in [-0.4, -0.2) is 141 Å². The van der Waals surface area contributed by atoms with Crippen molar-refractivity contribution < 1.29 is 67.0 Å². The molecule has 23 heteroatoms. The van der Waals surface area contributed by atoms with Crippen LogP contribution in [0.15, 0.2) is 30.5 Å². The molecule has 1 aliphatic carbocycles. The molecule has 5 rings (SSSR count). The number of benzene rings is 1. The van der Waals surface area contributed by atoms with E-state index in [1.165, 1.54) is 6.20 Å². The van der Waals surface area contributed by atoms with Crippen LogP contribution in [-0.2, 0) is 48.6 Å². The van der Waals surface area contributed by atoms with E-state index in [1.54, 1.807) is 0 Å². The number of rotatable bonds is 22. The molecule has 302 valence electrons. The summed E-state index contributed by atoms with van der Waals surface area (Å²) in [6.45, 7) is 2.32. The number of hydrogen-bond acceptors (Lipinski definition) is 15. The molecule has 1 saturated heterocycles. The fourth-order valence-electron chi connectivity index (χ4n) is 6.06. The highest BCUT2D eigenvalue weighted by atomic mass is 35.5. The minimum absolute atomic E-state index is 0.0845. The van der Waals surface area contributed by atoms with Crippen LogP contribution in [0.4, 0.5) is 5.82 Å². The Balaban J connectivity index is 1.18. The summed E-state index contributed by atoms with van der Waals surface area (Å²) in [5.74, 6) is 0.384. The second-order valence-corrected chi connectivity index (χ2v) is 16.8. The summed E-state index contributed by atoms with van der Waals surface area (Å²) in [7, 11) is -9.67. The SMILES string of the molecule is C#CCOCCOCCOCCOCCNC(=O)[C@H]1Cc2ccccc2[C@H]1Nc1nc(Cl)nc2c1cnn2[C@@H]1O[C@H](COP(=O)(O)CP(=O)(O)O)[C@@H](O)[C@H]1O. The lowest BCUT2D eigenvalue weighted by Crippen LogP contribution is -2.37. The van der Waals surface area contributed by atoms with Crippen LogP contribution in [0.3, 0.4) is 0 Å². The number of nitrogens with one attached hydrogen (secondary N) is 2. The summed E-state index contributed by atoms with van der Waals surface area (Å²) in [6.07, 6.45) is 0.864. The molecule has 1 unspecified atom stereocenters. The Morgan fingerprint density at radius 2 is 1.67 bits per heavy atom. The molecule has 7 N–H and O–H groups in total. The van der Waals surface area contributed by atoms with E-state index in [-0.39, 0.29) is 42.4 Å². The summed E-state index contributed by atoms with van der Waals surface area (Å²) in [5, 5.41) is 32.1. The van der Waals surface area contributed by atoms with Gasteiger partial charge in [-0.2, -0.15) is 15.1 Å². The molecule has 0 saturated carbocycles. The predicted octanol–water partition coefficient (Wildman–Crippen LogP) is 0.577. The standard InChI is InChI=1S/C32H43ClN6O14P2/c1-2-8-48-10-12-50-14-15-51-13-11-49-9-7-34-30(42)22-16-20-5-3-4-6-21(20)25(22)36-28-23-17-35-39(29(23)38-32(33)37-28)31-27(41)26(40)24(53-31)18-52-55(46,47)19-54(43,44)45/h1,3-6,17,22,24-27,31,40-41H,7-16,18-19H2,(H,34,42)(H,46,47)(H,36,37,38)(H2,43,44,45)/t22-,24+,25+,26+,27+,31+/m0/s1. The van der Waals surface area contributed by atoms with E-state index in [9.17, 15) is 29.0 Å². The second-order valence-electron chi connectivity index (χ2n) is 12.5. The molecular formula is C32H43ClN6O14P2. The number of halogens is 1. The molecule has 7 atom stereocenters. The number of ether oxygens (including phenoxy) is 5. The van der Waals surface area contributed by atoms with Crippen LogP contribution < -0.4 is 10.6 Å². The average Bonchev–Trinajstić information content (AvgIpc) is 3.80. The number of fused-ring (bicyclic) bond motifs is 2. The van der Waals surface area contributed by atoms with Crippen LogP contribution in [0.1, 0.15) is 23.4 Å². The zero-order valence-corrected chi connectivity index (χ0v) is 31.9. The van der Waals surface area contributed by atoms with Crippen molar-refractivity contribution >= 4 is 49.6 Å². The molecular weight excluding hydrogens is 790 g/mol. The number of aliphatic hydroxyl groups excluding tert-OH is 2. The number of carbonyl (C=O) groups is 1. The first-order valence-electron chi connectivity index (χ1n) is 17.1. The first-order chi connectivity index (χ1) is 26.3. The Hall–Kier alpha value is -3.09. The number of terminal acetylenes is 1. The van der Waals surface area contributed by atoms with Crippen molar-refractivity contribution in [2.24, 2.45) is 5.92 Å². The number of hydrogen-bond donors (Lipinski definition) is 7. The van der Waals surface area contributed by atoms with Gasteiger partial charge in [-0.05, 0) is 29.1 Å². The highest BCUT2D eigenvalue weighted by molar-refractivity contribution is 7.70. The van der Waals surface area contributed by atoms with Gasteiger partial charge in [-0.15, -0.1) is 6.42 Å². The number of carbonyl (C=O) groups excluding carboxylic acids is 1. The van der Waals surface area contributed by atoms with Crippen molar-refractivity contribution in [1.29, 1.82) is 0 Å². The number of aliphatic hydroxyl groups is 2. The summed E-state index contributed by atoms with van der Waals surface area (Å²) < 4.78 is 56.5. The van der Waals surface area contributed by atoms with E-state index in [4.69, 9.17) is 56.0 Å². The highest BCUT2D eigenvalue weighted by Gasteiger charge is 2.46. The van der Waals surface area contributed by atoms with E-state index >= 15 is 0 Å². The van der Waals surface area contributed by atoms with E-state index < -0.39 is 64.2 Å². The van der Waals surface area contributed by atoms with Crippen LogP contribution in [0.25, 0.3) is 11.0 Å². The van der Waals surface area contributed by atoms with Gasteiger partial charge in [0.2, 0.25) is 11.2 Å². The average molecular weight is 833 g/mol. The van der Waals surface area contributed by atoms with Crippen molar-refractivity contribution in [3.05, 3.63) is 46.9 Å². The molecule has 1 aliphatic heterocycles.